The summed E-state index contributed by atoms with van der Waals surface area (Å²) < 4.78 is 35.1. The summed E-state index contributed by atoms with van der Waals surface area (Å²) in [5.41, 5.74) is 2.72. The molecule has 6 heteroatoms. The SMILES string of the molecule is CS(=O)(=O)C[C@]1(c2ccc(-c3ccccc3)cc2)OC[C@H](CO)O1. The van der Waals surface area contributed by atoms with E-state index >= 15 is 0 Å². The second-order valence-electron chi connectivity index (χ2n) is 6.00. The van der Waals surface area contributed by atoms with E-state index in [0.717, 1.165) is 17.4 Å². The van der Waals surface area contributed by atoms with Gasteiger partial charge in [-0.3, -0.25) is 0 Å². The summed E-state index contributed by atoms with van der Waals surface area (Å²) in [7, 11) is -3.34. The van der Waals surface area contributed by atoms with Gasteiger partial charge in [-0.05, 0) is 11.1 Å². The van der Waals surface area contributed by atoms with Crippen LogP contribution in [0.1, 0.15) is 5.56 Å². The van der Waals surface area contributed by atoms with Crippen molar-refractivity contribution in [1.29, 1.82) is 0 Å². The van der Waals surface area contributed by atoms with Gasteiger partial charge in [0, 0.05) is 11.8 Å². The standard InChI is InChI=1S/C18H20O5S/c1-24(20,21)13-18(22-12-17(11-19)23-18)16-9-7-15(8-10-16)14-5-3-2-4-6-14/h2-10,17,19H,11-13H2,1H3/t17-,18-/m0/s1. The summed E-state index contributed by atoms with van der Waals surface area (Å²) >= 11 is 0. The van der Waals surface area contributed by atoms with Crippen molar-refractivity contribution < 1.29 is 23.0 Å². The van der Waals surface area contributed by atoms with Crippen molar-refractivity contribution in [3.05, 3.63) is 60.2 Å². The van der Waals surface area contributed by atoms with E-state index in [2.05, 4.69) is 0 Å². The number of aliphatic hydroxyl groups is 1. The molecule has 0 radical (unpaired) electrons. The molecule has 0 unspecified atom stereocenters. The zero-order chi connectivity index (χ0) is 17.2. The molecule has 2 aromatic carbocycles. The highest BCUT2D eigenvalue weighted by Crippen LogP contribution is 2.36. The number of hydrogen-bond donors (Lipinski definition) is 1. The van der Waals surface area contributed by atoms with Crippen molar-refractivity contribution in [1.82, 2.24) is 0 Å². The van der Waals surface area contributed by atoms with Crippen molar-refractivity contribution in [2.24, 2.45) is 0 Å². The van der Waals surface area contributed by atoms with Gasteiger partial charge >= 0.3 is 0 Å². The first-order valence-electron chi connectivity index (χ1n) is 7.68. The van der Waals surface area contributed by atoms with Gasteiger partial charge in [0.2, 0.25) is 5.79 Å². The fourth-order valence-electron chi connectivity index (χ4n) is 2.86. The van der Waals surface area contributed by atoms with Crippen LogP contribution >= 0.6 is 0 Å². The van der Waals surface area contributed by atoms with Crippen LogP contribution in [0.2, 0.25) is 0 Å². The van der Waals surface area contributed by atoms with Crippen molar-refractivity contribution >= 4 is 9.84 Å². The average Bonchev–Trinajstić information content (AvgIpc) is 2.98. The Morgan fingerprint density at radius 1 is 1.08 bits per heavy atom. The molecule has 1 N–H and O–H groups in total. The molecule has 2 aromatic rings. The molecule has 128 valence electrons. The molecule has 1 aliphatic heterocycles. The molecule has 0 aromatic heterocycles. The molecule has 1 saturated heterocycles. The second kappa shape index (κ2) is 6.64. The smallest absolute Gasteiger partial charge is 0.209 e. The number of rotatable bonds is 5. The third-order valence-electron chi connectivity index (χ3n) is 3.95. The topological polar surface area (TPSA) is 72.8 Å². The van der Waals surface area contributed by atoms with Gasteiger partial charge < -0.3 is 14.6 Å². The molecule has 0 bridgehead atoms. The zero-order valence-corrected chi connectivity index (χ0v) is 14.2. The van der Waals surface area contributed by atoms with Crippen LogP contribution in [-0.2, 0) is 25.1 Å². The van der Waals surface area contributed by atoms with E-state index in [1.165, 1.54) is 0 Å². The Morgan fingerprint density at radius 2 is 1.71 bits per heavy atom. The second-order valence-corrected chi connectivity index (χ2v) is 8.14. The quantitative estimate of drug-likeness (QED) is 0.894. The van der Waals surface area contributed by atoms with E-state index in [9.17, 15) is 13.5 Å². The highest BCUT2D eigenvalue weighted by molar-refractivity contribution is 7.90. The Labute approximate surface area is 141 Å². The van der Waals surface area contributed by atoms with Gasteiger partial charge in [-0.1, -0.05) is 54.6 Å². The first-order valence-corrected chi connectivity index (χ1v) is 9.74. The molecule has 2 atom stereocenters. The first-order chi connectivity index (χ1) is 11.4. The molecule has 1 aliphatic rings. The summed E-state index contributed by atoms with van der Waals surface area (Å²) in [5, 5.41) is 9.28. The van der Waals surface area contributed by atoms with Crippen LogP contribution in [0.3, 0.4) is 0 Å². The van der Waals surface area contributed by atoms with Crippen LogP contribution in [0.25, 0.3) is 11.1 Å². The lowest BCUT2D eigenvalue weighted by molar-refractivity contribution is -0.162. The normalized spacial score (nSPS) is 24.2. The Kier molecular flexibility index (Phi) is 4.73. The molecule has 3 rings (SSSR count). The minimum atomic E-state index is -3.34. The van der Waals surface area contributed by atoms with Crippen LogP contribution in [0.4, 0.5) is 0 Å². The summed E-state index contributed by atoms with van der Waals surface area (Å²) in [6.07, 6.45) is 0.618. The minimum Gasteiger partial charge on any atom is -0.394 e. The molecule has 0 saturated carbocycles. The predicted octanol–water partition coefficient (Wildman–Crippen LogP) is 1.96. The van der Waals surface area contributed by atoms with Gasteiger partial charge in [-0.15, -0.1) is 0 Å². The van der Waals surface area contributed by atoms with Crippen LogP contribution < -0.4 is 0 Å². The van der Waals surface area contributed by atoms with Gasteiger partial charge in [0.05, 0.1) is 13.2 Å². The average molecular weight is 348 g/mol. The maximum atomic E-state index is 11.8. The van der Waals surface area contributed by atoms with Crippen LogP contribution in [0, 0.1) is 0 Å². The first kappa shape index (κ1) is 17.1. The highest BCUT2D eigenvalue weighted by atomic mass is 32.2. The van der Waals surface area contributed by atoms with Crippen molar-refractivity contribution in [2.45, 2.75) is 11.9 Å². The molecule has 1 heterocycles. The van der Waals surface area contributed by atoms with E-state index in [0.29, 0.717) is 5.56 Å². The number of benzene rings is 2. The van der Waals surface area contributed by atoms with Gasteiger partial charge in [0.1, 0.15) is 11.9 Å². The summed E-state index contributed by atoms with van der Waals surface area (Å²) in [5.74, 6) is -1.66. The Balaban J connectivity index is 1.94. The van der Waals surface area contributed by atoms with Crippen LogP contribution in [0.5, 0.6) is 0 Å². The van der Waals surface area contributed by atoms with Crippen molar-refractivity contribution in [3.8, 4) is 11.1 Å². The lowest BCUT2D eigenvalue weighted by Gasteiger charge is -2.27. The zero-order valence-electron chi connectivity index (χ0n) is 13.4. The predicted molar refractivity (Wildman–Crippen MR) is 91.2 cm³/mol. The van der Waals surface area contributed by atoms with Crippen LogP contribution in [0.15, 0.2) is 54.6 Å². The molecule has 24 heavy (non-hydrogen) atoms. The van der Waals surface area contributed by atoms with Crippen LogP contribution in [-0.4, -0.2) is 44.9 Å². The van der Waals surface area contributed by atoms with Crippen molar-refractivity contribution in [2.75, 3.05) is 25.2 Å². The van der Waals surface area contributed by atoms with E-state index in [1.807, 2.05) is 54.6 Å². The maximum absolute atomic E-state index is 11.8. The molecule has 1 fully saturated rings. The lowest BCUT2D eigenvalue weighted by atomic mass is 10.0. The van der Waals surface area contributed by atoms with E-state index in [4.69, 9.17) is 9.47 Å². The Hall–Kier alpha value is -1.73. The van der Waals surface area contributed by atoms with E-state index in [-0.39, 0.29) is 19.0 Å². The molecular weight excluding hydrogens is 328 g/mol. The number of ether oxygens (including phenoxy) is 2. The summed E-state index contributed by atoms with van der Waals surface area (Å²) in [6.45, 7) is -0.0555. The molecular formula is C18H20O5S. The number of aliphatic hydroxyl groups excluding tert-OH is 1. The molecule has 5 nitrogen and oxygen atoms in total. The fraction of sp³-hybridized carbons (Fsp3) is 0.333. The number of sulfone groups is 1. The fourth-order valence-corrected chi connectivity index (χ4v) is 3.87. The van der Waals surface area contributed by atoms with Gasteiger partial charge in [-0.25, -0.2) is 8.42 Å². The Bertz CT molecular complexity index is 786. The third kappa shape index (κ3) is 3.67. The molecule has 0 spiro atoms. The third-order valence-corrected chi connectivity index (χ3v) is 4.85. The molecule has 0 amide bonds. The molecule has 0 aliphatic carbocycles. The van der Waals surface area contributed by atoms with Gasteiger partial charge in [0.25, 0.3) is 0 Å². The van der Waals surface area contributed by atoms with Gasteiger partial charge in [-0.2, -0.15) is 0 Å². The van der Waals surface area contributed by atoms with Crippen molar-refractivity contribution in [3.63, 3.8) is 0 Å². The highest BCUT2D eigenvalue weighted by Gasteiger charge is 2.45. The minimum absolute atomic E-state index is 0.159. The number of hydrogen-bond acceptors (Lipinski definition) is 5. The Morgan fingerprint density at radius 3 is 2.25 bits per heavy atom. The van der Waals surface area contributed by atoms with Gasteiger partial charge in [0.15, 0.2) is 9.84 Å². The van der Waals surface area contributed by atoms with E-state index in [1.54, 1.807) is 0 Å². The monoisotopic (exact) mass is 348 g/mol. The maximum Gasteiger partial charge on any atom is 0.209 e. The lowest BCUT2D eigenvalue weighted by Crippen LogP contribution is -2.36. The summed E-state index contributed by atoms with van der Waals surface area (Å²) in [6, 6.07) is 17.3. The van der Waals surface area contributed by atoms with E-state index < -0.39 is 21.7 Å². The largest absolute Gasteiger partial charge is 0.394 e. The summed E-state index contributed by atoms with van der Waals surface area (Å²) in [4.78, 5) is 0.